The van der Waals surface area contributed by atoms with Crippen LogP contribution in [0.2, 0.25) is 0 Å². The van der Waals surface area contributed by atoms with Gasteiger partial charge in [0.2, 0.25) is 6.23 Å². The highest BCUT2D eigenvalue weighted by molar-refractivity contribution is 6.03. The lowest BCUT2D eigenvalue weighted by atomic mass is 10.00. The third-order valence-electron chi connectivity index (χ3n) is 4.41. The van der Waals surface area contributed by atoms with Gasteiger partial charge in [0.15, 0.2) is 11.6 Å². The van der Waals surface area contributed by atoms with E-state index in [9.17, 15) is 22.8 Å². The molecular weight excluding hydrogens is 367 g/mol. The second kappa shape index (κ2) is 7.12. The van der Waals surface area contributed by atoms with E-state index in [-0.39, 0.29) is 5.56 Å². The number of carbonyl (C=O) groups is 1. The van der Waals surface area contributed by atoms with Gasteiger partial charge in [0.05, 0.1) is 24.8 Å². The molecule has 0 radical (unpaired) electrons. The van der Waals surface area contributed by atoms with Gasteiger partial charge in [-0.25, -0.2) is 18.0 Å². The predicted molar refractivity (Wildman–Crippen MR) is 88.0 cm³/mol. The Kier molecular flexibility index (Phi) is 5.03. The molecule has 1 saturated heterocycles. The van der Waals surface area contributed by atoms with Crippen molar-refractivity contribution in [2.75, 3.05) is 11.9 Å². The molecule has 144 valence electrons. The number of carbonyl (C=O) groups excluding carboxylic acids is 1. The minimum Gasteiger partial charge on any atom is -0.394 e. The number of alkyl halides is 2. The van der Waals surface area contributed by atoms with Gasteiger partial charge in [0, 0.05) is 5.56 Å². The van der Waals surface area contributed by atoms with Crippen LogP contribution in [0, 0.1) is 11.7 Å². The van der Waals surface area contributed by atoms with Crippen molar-refractivity contribution in [2.24, 2.45) is 5.92 Å². The number of aromatic nitrogens is 2. The van der Waals surface area contributed by atoms with Gasteiger partial charge in [0.25, 0.3) is 11.8 Å². The molecule has 1 aromatic heterocycles. The van der Waals surface area contributed by atoms with Gasteiger partial charge in [0.1, 0.15) is 0 Å². The predicted octanol–water partition coefficient (Wildman–Crippen LogP) is 1.80. The van der Waals surface area contributed by atoms with Crippen LogP contribution in [0.5, 0.6) is 0 Å². The number of benzene rings is 1. The smallest absolute Gasteiger partial charge is 0.352 e. The largest absolute Gasteiger partial charge is 0.394 e. The van der Waals surface area contributed by atoms with Crippen LogP contribution in [-0.2, 0) is 4.74 Å². The first-order chi connectivity index (χ1) is 12.8. The molecule has 1 aliphatic rings. The number of aliphatic hydroxyl groups excluding tert-OH is 1. The molecule has 1 amide bonds. The molecule has 27 heavy (non-hydrogen) atoms. The fourth-order valence-corrected chi connectivity index (χ4v) is 2.77. The van der Waals surface area contributed by atoms with Crippen LogP contribution >= 0.6 is 0 Å². The topological polar surface area (TPSA) is 93.4 Å². The van der Waals surface area contributed by atoms with Gasteiger partial charge in [-0.3, -0.25) is 9.36 Å². The highest BCUT2D eigenvalue weighted by Gasteiger charge is 2.57. The van der Waals surface area contributed by atoms with E-state index in [1.807, 2.05) is 0 Å². The van der Waals surface area contributed by atoms with Gasteiger partial charge in [-0.15, -0.1) is 0 Å². The zero-order chi connectivity index (χ0) is 19.8. The minimum absolute atomic E-state index is 0.202. The number of aliphatic hydroxyl groups is 1. The molecule has 1 aromatic carbocycles. The number of nitrogens with one attached hydrogen (secondary N) is 1. The van der Waals surface area contributed by atoms with Crippen LogP contribution in [0.4, 0.5) is 19.0 Å². The zero-order valence-corrected chi connectivity index (χ0v) is 14.1. The van der Waals surface area contributed by atoms with Crippen molar-refractivity contribution in [1.29, 1.82) is 0 Å². The summed E-state index contributed by atoms with van der Waals surface area (Å²) in [7, 11) is 0. The summed E-state index contributed by atoms with van der Waals surface area (Å²) in [5.74, 6) is -7.49. The van der Waals surface area contributed by atoms with Gasteiger partial charge < -0.3 is 15.2 Å². The lowest BCUT2D eigenvalue weighted by molar-refractivity contribution is -0.127. The van der Waals surface area contributed by atoms with Crippen molar-refractivity contribution in [3.63, 3.8) is 0 Å². The molecule has 1 aliphatic heterocycles. The standard InChI is InChI=1S/C17H16F3N3O4/c1-9-12(8-24)27-15(17(9,19)20)23-7-11(18)13(22-16(23)26)21-14(25)10-5-3-2-4-6-10/h2-7,9,12,15,24H,8H2,1H3,(H,21,22,25,26)/t9-,12-,15-/m1/s1. The Hall–Kier alpha value is -2.72. The van der Waals surface area contributed by atoms with Crippen LogP contribution in [0.1, 0.15) is 23.5 Å². The molecule has 0 bridgehead atoms. The fraction of sp³-hybridized carbons (Fsp3) is 0.353. The number of halogens is 3. The Morgan fingerprint density at radius 2 is 2.04 bits per heavy atom. The summed E-state index contributed by atoms with van der Waals surface area (Å²) < 4.78 is 48.3. The monoisotopic (exact) mass is 383 g/mol. The molecule has 7 nitrogen and oxygen atoms in total. The third-order valence-corrected chi connectivity index (χ3v) is 4.41. The van der Waals surface area contributed by atoms with E-state index in [0.717, 1.165) is 6.92 Å². The van der Waals surface area contributed by atoms with Crippen molar-refractivity contribution in [1.82, 2.24) is 9.55 Å². The van der Waals surface area contributed by atoms with Gasteiger partial charge in [-0.1, -0.05) is 25.1 Å². The maximum Gasteiger partial charge on any atom is 0.352 e. The summed E-state index contributed by atoms with van der Waals surface area (Å²) in [4.78, 5) is 27.5. The SMILES string of the molecule is C[C@@H]1[C@@H](CO)O[C@@H](n2cc(F)c(NC(=O)c3ccccc3)nc2=O)C1(F)F. The van der Waals surface area contributed by atoms with Crippen molar-refractivity contribution >= 4 is 11.7 Å². The van der Waals surface area contributed by atoms with E-state index in [2.05, 4.69) is 10.3 Å². The van der Waals surface area contributed by atoms with E-state index < -0.39 is 54.0 Å². The number of hydrogen-bond acceptors (Lipinski definition) is 5. The normalized spacial score (nSPS) is 24.0. The molecule has 1 fully saturated rings. The van der Waals surface area contributed by atoms with Crippen LogP contribution in [0.3, 0.4) is 0 Å². The highest BCUT2D eigenvalue weighted by atomic mass is 19.3. The summed E-state index contributed by atoms with van der Waals surface area (Å²) in [5, 5.41) is 11.3. The first-order valence-electron chi connectivity index (χ1n) is 8.05. The second-order valence-electron chi connectivity index (χ2n) is 6.12. The molecule has 3 rings (SSSR count). The summed E-state index contributed by atoms with van der Waals surface area (Å²) in [6.07, 6.45) is -2.82. The molecule has 0 unspecified atom stereocenters. The Labute approximate surface area is 151 Å². The summed E-state index contributed by atoms with van der Waals surface area (Å²) in [5.41, 5.74) is -1.02. The average Bonchev–Trinajstić information content (AvgIpc) is 2.88. The van der Waals surface area contributed by atoms with E-state index in [1.165, 1.54) is 12.1 Å². The maximum absolute atomic E-state index is 14.4. The molecule has 2 N–H and O–H groups in total. The van der Waals surface area contributed by atoms with E-state index in [0.29, 0.717) is 10.8 Å². The third kappa shape index (κ3) is 3.45. The van der Waals surface area contributed by atoms with Crippen LogP contribution < -0.4 is 11.0 Å². The van der Waals surface area contributed by atoms with Gasteiger partial charge >= 0.3 is 5.69 Å². The first kappa shape index (κ1) is 19.1. The number of ether oxygens (including phenoxy) is 1. The molecule has 0 spiro atoms. The van der Waals surface area contributed by atoms with Crippen LogP contribution in [-0.4, -0.2) is 39.2 Å². The second-order valence-corrected chi connectivity index (χ2v) is 6.12. The Morgan fingerprint density at radius 3 is 2.63 bits per heavy atom. The minimum atomic E-state index is -3.53. The molecule has 2 aromatic rings. The van der Waals surface area contributed by atoms with Crippen molar-refractivity contribution in [3.8, 4) is 0 Å². The van der Waals surface area contributed by atoms with Crippen molar-refractivity contribution in [3.05, 3.63) is 58.4 Å². The quantitative estimate of drug-likeness (QED) is 0.840. The molecular formula is C17H16F3N3O4. The van der Waals surface area contributed by atoms with Crippen LogP contribution in [0.25, 0.3) is 0 Å². The Bertz CT molecular complexity index is 904. The van der Waals surface area contributed by atoms with E-state index in [4.69, 9.17) is 9.84 Å². The lowest BCUT2D eigenvalue weighted by Gasteiger charge is -2.22. The van der Waals surface area contributed by atoms with Gasteiger partial charge in [-0.05, 0) is 12.1 Å². The van der Waals surface area contributed by atoms with Crippen LogP contribution in [0.15, 0.2) is 41.3 Å². The number of nitrogens with zero attached hydrogens (tertiary/aromatic N) is 2. The fourth-order valence-electron chi connectivity index (χ4n) is 2.77. The molecule has 0 saturated carbocycles. The van der Waals surface area contributed by atoms with E-state index >= 15 is 0 Å². The van der Waals surface area contributed by atoms with Crippen molar-refractivity contribution < 1.29 is 27.8 Å². The number of amides is 1. The molecule has 0 aliphatic carbocycles. The highest BCUT2D eigenvalue weighted by Crippen LogP contribution is 2.46. The molecule has 3 atom stereocenters. The number of rotatable bonds is 4. The summed E-state index contributed by atoms with van der Waals surface area (Å²) >= 11 is 0. The maximum atomic E-state index is 14.4. The summed E-state index contributed by atoms with van der Waals surface area (Å²) in [6.45, 7) is 0.479. The Morgan fingerprint density at radius 1 is 1.37 bits per heavy atom. The molecule has 10 heteroatoms. The van der Waals surface area contributed by atoms with E-state index in [1.54, 1.807) is 18.2 Å². The van der Waals surface area contributed by atoms with Crippen molar-refractivity contribution in [2.45, 2.75) is 25.2 Å². The Balaban J connectivity index is 1.90. The number of anilines is 1. The summed E-state index contributed by atoms with van der Waals surface area (Å²) in [6, 6.07) is 7.80. The average molecular weight is 383 g/mol. The number of hydrogen-bond donors (Lipinski definition) is 2. The lowest BCUT2D eigenvalue weighted by Crippen LogP contribution is -2.38. The molecule has 2 heterocycles. The zero-order valence-electron chi connectivity index (χ0n) is 14.1. The first-order valence-corrected chi connectivity index (χ1v) is 8.05. The van der Waals surface area contributed by atoms with Gasteiger partial charge in [-0.2, -0.15) is 4.98 Å².